The fourth-order valence-electron chi connectivity index (χ4n) is 2.03. The van der Waals surface area contributed by atoms with Crippen molar-refractivity contribution in [2.24, 2.45) is 0 Å². The van der Waals surface area contributed by atoms with Crippen molar-refractivity contribution in [1.29, 1.82) is 0 Å². The summed E-state index contributed by atoms with van der Waals surface area (Å²) in [5.41, 5.74) is 2.50. The van der Waals surface area contributed by atoms with Crippen LogP contribution in [-0.2, 0) is 0 Å². The molecule has 1 aromatic rings. The maximum absolute atomic E-state index is 13.1. The molecular weight excluding hydrogens is 189 g/mol. The fraction of sp³-hybridized carbons (Fsp3) is 0.538. The molecule has 0 radical (unpaired) electrons. The summed E-state index contributed by atoms with van der Waals surface area (Å²) in [6, 6.07) is 8.46. The van der Waals surface area contributed by atoms with Crippen LogP contribution in [-0.4, -0.2) is 19.3 Å². The van der Waals surface area contributed by atoms with E-state index in [9.17, 15) is 4.39 Å². The molecule has 2 rings (SSSR count). The van der Waals surface area contributed by atoms with Gasteiger partial charge in [0.25, 0.3) is 0 Å². The van der Waals surface area contributed by atoms with Crippen LogP contribution >= 0.6 is 0 Å². The SMILES string of the molecule is CC(C)c1cccc(N2CC[C@@H](F)C2)c1. The first-order chi connectivity index (χ1) is 7.16. The maximum Gasteiger partial charge on any atom is 0.119 e. The molecular formula is C13H18FN. The standard InChI is InChI=1S/C13H18FN/c1-10(2)11-4-3-5-13(8-11)15-7-6-12(14)9-15/h3-5,8,10,12H,6-7,9H2,1-2H3/t12-/m1/s1. The Balaban J connectivity index is 2.18. The van der Waals surface area contributed by atoms with Crippen LogP contribution in [0.4, 0.5) is 10.1 Å². The van der Waals surface area contributed by atoms with Crippen molar-refractivity contribution in [1.82, 2.24) is 0 Å². The Labute approximate surface area is 90.9 Å². The number of hydrogen-bond acceptors (Lipinski definition) is 1. The van der Waals surface area contributed by atoms with Crippen molar-refractivity contribution in [3.05, 3.63) is 29.8 Å². The van der Waals surface area contributed by atoms with Gasteiger partial charge in [0.1, 0.15) is 6.17 Å². The van der Waals surface area contributed by atoms with Gasteiger partial charge in [0.05, 0.1) is 0 Å². The average molecular weight is 207 g/mol. The first-order valence-electron chi connectivity index (χ1n) is 5.66. The second kappa shape index (κ2) is 4.21. The Bertz CT molecular complexity index is 335. The summed E-state index contributed by atoms with van der Waals surface area (Å²) in [4.78, 5) is 2.14. The molecule has 82 valence electrons. The molecule has 1 aliphatic rings. The van der Waals surface area contributed by atoms with Gasteiger partial charge in [-0.2, -0.15) is 0 Å². The van der Waals surface area contributed by atoms with Gasteiger partial charge in [-0.25, -0.2) is 4.39 Å². The number of anilines is 1. The average Bonchev–Trinajstić information content (AvgIpc) is 2.65. The summed E-state index contributed by atoms with van der Waals surface area (Å²) in [6.07, 6.45) is 0.0269. The van der Waals surface area contributed by atoms with Gasteiger partial charge in [-0.05, 0) is 30.0 Å². The third-order valence-corrected chi connectivity index (χ3v) is 3.03. The van der Waals surface area contributed by atoms with Crippen LogP contribution in [0.15, 0.2) is 24.3 Å². The summed E-state index contributed by atoms with van der Waals surface area (Å²) in [7, 11) is 0. The van der Waals surface area contributed by atoms with Crippen LogP contribution in [0.2, 0.25) is 0 Å². The van der Waals surface area contributed by atoms with E-state index in [1.165, 1.54) is 11.3 Å². The van der Waals surface area contributed by atoms with Gasteiger partial charge >= 0.3 is 0 Å². The predicted molar refractivity (Wildman–Crippen MR) is 62.3 cm³/mol. The fourth-order valence-corrected chi connectivity index (χ4v) is 2.03. The van der Waals surface area contributed by atoms with Crippen LogP contribution < -0.4 is 4.90 Å². The van der Waals surface area contributed by atoms with Crippen LogP contribution in [0.5, 0.6) is 0 Å². The smallest absolute Gasteiger partial charge is 0.119 e. The van der Waals surface area contributed by atoms with Crippen molar-refractivity contribution in [3.63, 3.8) is 0 Å². The molecule has 1 fully saturated rings. The van der Waals surface area contributed by atoms with Gasteiger partial charge in [-0.1, -0.05) is 26.0 Å². The molecule has 1 aliphatic heterocycles. The quantitative estimate of drug-likeness (QED) is 0.718. The molecule has 15 heavy (non-hydrogen) atoms. The number of hydrogen-bond donors (Lipinski definition) is 0. The number of nitrogens with zero attached hydrogens (tertiary/aromatic N) is 1. The van der Waals surface area contributed by atoms with E-state index < -0.39 is 6.17 Å². The van der Waals surface area contributed by atoms with Gasteiger partial charge < -0.3 is 4.90 Å². The first kappa shape index (κ1) is 10.5. The van der Waals surface area contributed by atoms with E-state index in [1.807, 2.05) is 0 Å². The highest BCUT2D eigenvalue weighted by molar-refractivity contribution is 5.50. The normalized spacial score (nSPS) is 21.3. The number of alkyl halides is 1. The van der Waals surface area contributed by atoms with Crippen LogP contribution in [0.1, 0.15) is 31.7 Å². The van der Waals surface area contributed by atoms with Crippen molar-refractivity contribution in [2.45, 2.75) is 32.4 Å². The van der Waals surface area contributed by atoms with Crippen molar-refractivity contribution >= 4 is 5.69 Å². The summed E-state index contributed by atoms with van der Waals surface area (Å²) in [5, 5.41) is 0. The van der Waals surface area contributed by atoms with Crippen LogP contribution in [0, 0.1) is 0 Å². The van der Waals surface area contributed by atoms with E-state index >= 15 is 0 Å². The molecule has 0 saturated carbocycles. The molecule has 1 nitrogen and oxygen atoms in total. The topological polar surface area (TPSA) is 3.24 Å². The summed E-state index contributed by atoms with van der Waals surface area (Å²) >= 11 is 0. The minimum atomic E-state index is -0.646. The molecule has 0 N–H and O–H groups in total. The van der Waals surface area contributed by atoms with E-state index in [0.717, 1.165) is 6.54 Å². The second-order valence-electron chi connectivity index (χ2n) is 4.58. The summed E-state index contributed by atoms with van der Waals surface area (Å²) < 4.78 is 13.1. The van der Waals surface area contributed by atoms with Gasteiger partial charge in [0.15, 0.2) is 0 Å². The number of benzene rings is 1. The first-order valence-corrected chi connectivity index (χ1v) is 5.66. The third kappa shape index (κ3) is 2.31. The number of halogens is 1. The minimum Gasteiger partial charge on any atom is -0.369 e. The van der Waals surface area contributed by atoms with E-state index in [1.54, 1.807) is 0 Å². The molecule has 0 unspecified atom stereocenters. The molecule has 1 heterocycles. The Morgan fingerprint density at radius 2 is 2.20 bits per heavy atom. The lowest BCUT2D eigenvalue weighted by Gasteiger charge is -2.19. The van der Waals surface area contributed by atoms with E-state index in [2.05, 4.69) is 43.0 Å². The van der Waals surface area contributed by atoms with Crippen LogP contribution in [0.3, 0.4) is 0 Å². The lowest BCUT2D eigenvalue weighted by atomic mass is 10.0. The van der Waals surface area contributed by atoms with Gasteiger partial charge in [0.2, 0.25) is 0 Å². The molecule has 0 aromatic heterocycles. The lowest BCUT2D eigenvalue weighted by molar-refractivity contribution is 0.364. The summed E-state index contributed by atoms with van der Waals surface area (Å²) in [6.45, 7) is 5.77. The summed E-state index contributed by atoms with van der Waals surface area (Å²) in [5.74, 6) is 0.536. The maximum atomic E-state index is 13.1. The highest BCUT2D eigenvalue weighted by Gasteiger charge is 2.21. The Hall–Kier alpha value is -1.05. The molecule has 1 atom stereocenters. The van der Waals surface area contributed by atoms with Crippen molar-refractivity contribution in [2.75, 3.05) is 18.0 Å². The molecule has 0 amide bonds. The largest absolute Gasteiger partial charge is 0.369 e. The molecule has 0 spiro atoms. The highest BCUT2D eigenvalue weighted by atomic mass is 19.1. The van der Waals surface area contributed by atoms with Gasteiger partial charge in [-0.3, -0.25) is 0 Å². The molecule has 0 bridgehead atoms. The van der Waals surface area contributed by atoms with E-state index in [-0.39, 0.29) is 0 Å². The van der Waals surface area contributed by atoms with Crippen molar-refractivity contribution < 1.29 is 4.39 Å². The molecule has 2 heteroatoms. The zero-order valence-corrected chi connectivity index (χ0v) is 9.41. The zero-order valence-electron chi connectivity index (χ0n) is 9.41. The molecule has 1 aromatic carbocycles. The Morgan fingerprint density at radius 1 is 1.40 bits per heavy atom. The van der Waals surface area contributed by atoms with Crippen LogP contribution in [0.25, 0.3) is 0 Å². The highest BCUT2D eigenvalue weighted by Crippen LogP contribution is 2.25. The lowest BCUT2D eigenvalue weighted by Crippen LogP contribution is -2.19. The molecule has 1 saturated heterocycles. The number of rotatable bonds is 2. The Morgan fingerprint density at radius 3 is 2.80 bits per heavy atom. The van der Waals surface area contributed by atoms with Crippen molar-refractivity contribution in [3.8, 4) is 0 Å². The Kier molecular flexibility index (Phi) is 2.94. The van der Waals surface area contributed by atoms with Gasteiger partial charge in [-0.15, -0.1) is 0 Å². The predicted octanol–water partition coefficient (Wildman–Crippen LogP) is 3.36. The van der Waals surface area contributed by atoms with E-state index in [4.69, 9.17) is 0 Å². The zero-order chi connectivity index (χ0) is 10.8. The minimum absolute atomic E-state index is 0.536. The van der Waals surface area contributed by atoms with Gasteiger partial charge in [0, 0.05) is 18.8 Å². The molecule has 0 aliphatic carbocycles. The third-order valence-electron chi connectivity index (χ3n) is 3.03. The monoisotopic (exact) mass is 207 g/mol. The van der Waals surface area contributed by atoms with E-state index in [0.29, 0.717) is 18.9 Å². The second-order valence-corrected chi connectivity index (χ2v) is 4.58.